The van der Waals surface area contributed by atoms with Crippen molar-refractivity contribution >= 4 is 17.7 Å². The molecule has 0 radical (unpaired) electrons. The zero-order chi connectivity index (χ0) is 18.7. The molecule has 1 heterocycles. The van der Waals surface area contributed by atoms with Gasteiger partial charge in [0, 0.05) is 24.4 Å². The van der Waals surface area contributed by atoms with Crippen LogP contribution in [0.25, 0.3) is 0 Å². The Kier molecular flexibility index (Phi) is 5.41. The third-order valence-electron chi connectivity index (χ3n) is 3.91. The Bertz CT molecular complexity index is 724. The number of nitrogens with zero attached hydrogens (tertiary/aromatic N) is 2. The van der Waals surface area contributed by atoms with E-state index in [-0.39, 0.29) is 17.8 Å². The van der Waals surface area contributed by atoms with E-state index in [0.717, 1.165) is 0 Å². The van der Waals surface area contributed by atoms with Gasteiger partial charge in [0.15, 0.2) is 0 Å². The molecule has 0 unspecified atom stereocenters. The number of ether oxygens (including phenoxy) is 1. The number of carbonyl (C=O) groups is 2. The molecule has 1 aliphatic heterocycles. The summed E-state index contributed by atoms with van der Waals surface area (Å²) in [6.45, 7) is 7.39. The Morgan fingerprint density at radius 2 is 1.96 bits per heavy atom. The molecule has 8 heteroatoms. The van der Waals surface area contributed by atoms with Crippen LogP contribution >= 0.6 is 0 Å². The van der Waals surface area contributed by atoms with Crippen molar-refractivity contribution in [1.29, 1.82) is 0 Å². The summed E-state index contributed by atoms with van der Waals surface area (Å²) in [5.74, 6) is -0.519. The summed E-state index contributed by atoms with van der Waals surface area (Å²) in [6.07, 6.45) is -0.307. The fraction of sp³-hybridized carbons (Fsp3) is 0.412. The van der Waals surface area contributed by atoms with Gasteiger partial charge in [-0.15, -0.1) is 0 Å². The summed E-state index contributed by atoms with van der Waals surface area (Å²) in [7, 11) is 0. The molecule has 1 aromatic carbocycles. The molecule has 0 spiro atoms. The van der Waals surface area contributed by atoms with Crippen molar-refractivity contribution in [2.75, 3.05) is 6.54 Å². The van der Waals surface area contributed by atoms with E-state index in [1.807, 2.05) is 0 Å². The molecule has 1 aromatic rings. The van der Waals surface area contributed by atoms with E-state index < -0.39 is 16.9 Å². The van der Waals surface area contributed by atoms with Crippen molar-refractivity contribution in [1.82, 2.24) is 10.2 Å². The Hall–Kier alpha value is -2.90. The third kappa shape index (κ3) is 3.78. The summed E-state index contributed by atoms with van der Waals surface area (Å²) in [6, 6.07) is 4.69. The monoisotopic (exact) mass is 347 g/mol. The van der Waals surface area contributed by atoms with E-state index in [1.54, 1.807) is 27.7 Å². The molecule has 2 rings (SSSR count). The van der Waals surface area contributed by atoms with Crippen LogP contribution in [0.3, 0.4) is 0 Å². The van der Waals surface area contributed by atoms with Gasteiger partial charge in [0.05, 0.1) is 22.6 Å². The fourth-order valence-electron chi connectivity index (χ4n) is 2.74. The predicted octanol–water partition coefficient (Wildman–Crippen LogP) is 2.91. The largest absolute Gasteiger partial charge is 0.459 e. The van der Waals surface area contributed by atoms with E-state index in [9.17, 15) is 19.7 Å². The van der Waals surface area contributed by atoms with Gasteiger partial charge in [0.25, 0.3) is 5.69 Å². The van der Waals surface area contributed by atoms with Gasteiger partial charge in [0.1, 0.15) is 0 Å². The van der Waals surface area contributed by atoms with Crippen LogP contribution in [0.1, 0.15) is 39.3 Å². The molecular weight excluding hydrogens is 326 g/mol. The van der Waals surface area contributed by atoms with Gasteiger partial charge in [-0.1, -0.05) is 0 Å². The lowest BCUT2D eigenvalue weighted by atomic mass is 9.94. The highest BCUT2D eigenvalue weighted by Gasteiger charge is 2.36. The molecule has 8 nitrogen and oxygen atoms in total. The van der Waals surface area contributed by atoms with Gasteiger partial charge in [-0.3, -0.25) is 15.0 Å². The van der Waals surface area contributed by atoms with Crippen LogP contribution in [0.15, 0.2) is 35.5 Å². The van der Waals surface area contributed by atoms with Gasteiger partial charge < -0.3 is 10.1 Å². The summed E-state index contributed by atoms with van der Waals surface area (Å²) in [5, 5.41) is 13.6. The smallest absolute Gasteiger partial charge is 0.338 e. The molecule has 1 N–H and O–H groups in total. The second kappa shape index (κ2) is 7.33. The number of nitro benzene ring substituents is 1. The second-order valence-electron chi connectivity index (χ2n) is 5.93. The van der Waals surface area contributed by atoms with Crippen molar-refractivity contribution in [2.45, 2.75) is 39.8 Å². The van der Waals surface area contributed by atoms with Crippen molar-refractivity contribution in [3.63, 3.8) is 0 Å². The van der Waals surface area contributed by atoms with Crippen molar-refractivity contribution in [2.24, 2.45) is 0 Å². The molecule has 0 bridgehead atoms. The second-order valence-corrected chi connectivity index (χ2v) is 5.93. The molecule has 1 atom stereocenters. The average molecular weight is 347 g/mol. The molecule has 0 saturated heterocycles. The summed E-state index contributed by atoms with van der Waals surface area (Å²) < 4.78 is 5.32. The minimum Gasteiger partial charge on any atom is -0.459 e. The number of benzene rings is 1. The number of urea groups is 1. The molecule has 134 valence electrons. The molecule has 0 saturated carbocycles. The number of hydrogen-bond donors (Lipinski definition) is 1. The topological polar surface area (TPSA) is 102 Å². The summed E-state index contributed by atoms with van der Waals surface area (Å²) in [5.41, 5.74) is 1.35. The molecule has 0 aromatic heterocycles. The molecule has 25 heavy (non-hydrogen) atoms. The molecule has 0 fully saturated rings. The Labute approximate surface area is 145 Å². The Morgan fingerprint density at radius 1 is 1.36 bits per heavy atom. The van der Waals surface area contributed by atoms with Crippen LogP contribution in [0.4, 0.5) is 10.5 Å². The number of esters is 1. The SMILES string of the molecule is CCN1C(=O)N[C@H](c2ccc([N+](=O)[O-])cc2)C(C(=O)OC(C)C)=C1C. The zero-order valence-electron chi connectivity index (χ0n) is 14.6. The third-order valence-corrected chi connectivity index (χ3v) is 3.91. The number of non-ortho nitro benzene ring substituents is 1. The fourth-order valence-corrected chi connectivity index (χ4v) is 2.74. The standard InChI is InChI=1S/C17H21N3O5/c1-5-19-11(4)14(16(21)25-10(2)3)15(18-17(19)22)12-6-8-13(9-7-12)20(23)24/h6-10,15H,5H2,1-4H3,(H,18,22)/t15-/m1/s1. The number of rotatable bonds is 5. The molecule has 2 amide bonds. The number of hydrogen-bond acceptors (Lipinski definition) is 5. The van der Waals surface area contributed by atoms with E-state index in [4.69, 9.17) is 4.74 Å². The lowest BCUT2D eigenvalue weighted by molar-refractivity contribution is -0.384. The van der Waals surface area contributed by atoms with Crippen LogP contribution in [0, 0.1) is 10.1 Å². The summed E-state index contributed by atoms with van der Waals surface area (Å²) in [4.78, 5) is 36.7. The maximum atomic E-state index is 12.6. The maximum absolute atomic E-state index is 12.6. The number of nitro groups is 1. The normalized spacial score (nSPS) is 17.6. The molecular formula is C17H21N3O5. The van der Waals surface area contributed by atoms with Crippen LogP contribution in [-0.2, 0) is 9.53 Å². The van der Waals surface area contributed by atoms with E-state index in [0.29, 0.717) is 23.4 Å². The van der Waals surface area contributed by atoms with Crippen molar-refractivity contribution in [3.8, 4) is 0 Å². The van der Waals surface area contributed by atoms with Crippen LogP contribution in [-0.4, -0.2) is 34.5 Å². The van der Waals surface area contributed by atoms with Gasteiger partial charge in [-0.2, -0.15) is 0 Å². The van der Waals surface area contributed by atoms with Crippen LogP contribution in [0.2, 0.25) is 0 Å². The average Bonchev–Trinajstić information content (AvgIpc) is 2.53. The first kappa shape index (κ1) is 18.4. The first-order valence-electron chi connectivity index (χ1n) is 8.00. The lowest BCUT2D eigenvalue weighted by Gasteiger charge is -2.35. The van der Waals surface area contributed by atoms with Crippen molar-refractivity contribution < 1.29 is 19.2 Å². The number of amides is 2. The van der Waals surface area contributed by atoms with Gasteiger partial charge in [-0.05, 0) is 45.4 Å². The molecule has 1 aliphatic rings. The lowest BCUT2D eigenvalue weighted by Crippen LogP contribution is -2.48. The van der Waals surface area contributed by atoms with Gasteiger partial charge in [0.2, 0.25) is 0 Å². The highest BCUT2D eigenvalue weighted by atomic mass is 16.6. The Balaban J connectivity index is 2.49. The zero-order valence-corrected chi connectivity index (χ0v) is 14.6. The van der Waals surface area contributed by atoms with Crippen LogP contribution < -0.4 is 5.32 Å². The Morgan fingerprint density at radius 3 is 2.44 bits per heavy atom. The highest BCUT2D eigenvalue weighted by molar-refractivity contribution is 5.95. The quantitative estimate of drug-likeness (QED) is 0.501. The summed E-state index contributed by atoms with van der Waals surface area (Å²) >= 11 is 0. The molecule has 0 aliphatic carbocycles. The predicted molar refractivity (Wildman–Crippen MR) is 90.7 cm³/mol. The van der Waals surface area contributed by atoms with E-state index in [2.05, 4.69) is 5.32 Å². The van der Waals surface area contributed by atoms with E-state index >= 15 is 0 Å². The number of carbonyl (C=O) groups excluding carboxylic acids is 2. The number of allylic oxidation sites excluding steroid dienone is 1. The minimum absolute atomic E-state index is 0.0620. The van der Waals surface area contributed by atoms with Gasteiger partial charge in [-0.25, -0.2) is 9.59 Å². The van der Waals surface area contributed by atoms with Crippen molar-refractivity contribution in [3.05, 3.63) is 51.2 Å². The van der Waals surface area contributed by atoms with Gasteiger partial charge >= 0.3 is 12.0 Å². The van der Waals surface area contributed by atoms with E-state index in [1.165, 1.54) is 29.2 Å². The first-order valence-corrected chi connectivity index (χ1v) is 8.00. The maximum Gasteiger partial charge on any atom is 0.338 e. The highest BCUT2D eigenvalue weighted by Crippen LogP contribution is 2.32. The van der Waals surface area contributed by atoms with Crippen LogP contribution in [0.5, 0.6) is 0 Å². The minimum atomic E-state index is -0.720. The number of nitrogens with one attached hydrogen (secondary N) is 1. The first-order chi connectivity index (χ1) is 11.8.